The Morgan fingerprint density at radius 3 is 2.88 bits per heavy atom. The van der Waals surface area contributed by atoms with E-state index in [0.717, 1.165) is 0 Å². The van der Waals surface area contributed by atoms with Gasteiger partial charge in [-0.3, -0.25) is 0 Å². The van der Waals surface area contributed by atoms with E-state index in [4.69, 9.17) is 14.7 Å². The highest BCUT2D eigenvalue weighted by Gasteiger charge is 2.26. The number of esters is 1. The molecule has 2 aromatic carbocycles. The number of carbonyl (C=O) groups is 1. The number of aliphatic imine (C=N–C) groups is 1. The summed E-state index contributed by atoms with van der Waals surface area (Å²) in [5.41, 5.74) is 2.04. The van der Waals surface area contributed by atoms with E-state index in [1.165, 1.54) is 0 Å². The number of ether oxygens (including phenoxy) is 2. The summed E-state index contributed by atoms with van der Waals surface area (Å²) in [5, 5.41) is 8.94. The van der Waals surface area contributed by atoms with Gasteiger partial charge in [-0.2, -0.15) is 5.26 Å². The van der Waals surface area contributed by atoms with Crippen molar-refractivity contribution in [3.8, 4) is 11.8 Å². The Morgan fingerprint density at radius 2 is 2.08 bits per heavy atom. The number of para-hydroxylation sites is 1. The van der Waals surface area contributed by atoms with Gasteiger partial charge in [0.15, 0.2) is 5.70 Å². The third-order valence-corrected chi connectivity index (χ3v) is 3.36. The Balaban J connectivity index is 1.96. The van der Waals surface area contributed by atoms with Crippen molar-refractivity contribution >= 4 is 17.9 Å². The third kappa shape index (κ3) is 3.18. The highest BCUT2D eigenvalue weighted by atomic mass is 16.6. The van der Waals surface area contributed by atoms with E-state index in [1.54, 1.807) is 42.5 Å². The summed E-state index contributed by atoms with van der Waals surface area (Å²) in [6.07, 6.45) is 1.60. The highest BCUT2D eigenvalue weighted by molar-refractivity contribution is 6.13. The van der Waals surface area contributed by atoms with Gasteiger partial charge < -0.3 is 9.47 Å². The Labute approximate surface area is 139 Å². The Morgan fingerprint density at radius 1 is 1.25 bits per heavy atom. The van der Waals surface area contributed by atoms with Gasteiger partial charge in [-0.25, -0.2) is 9.79 Å². The zero-order chi connectivity index (χ0) is 16.9. The second-order valence-corrected chi connectivity index (χ2v) is 5.00. The number of hydrogen-bond acceptors (Lipinski definition) is 5. The van der Waals surface area contributed by atoms with Crippen molar-refractivity contribution in [3.63, 3.8) is 0 Å². The van der Waals surface area contributed by atoms with Gasteiger partial charge in [-0.1, -0.05) is 24.3 Å². The maximum absolute atomic E-state index is 12.1. The van der Waals surface area contributed by atoms with Crippen LogP contribution in [0.25, 0.3) is 6.08 Å². The zero-order valence-electron chi connectivity index (χ0n) is 13.0. The van der Waals surface area contributed by atoms with Crippen molar-refractivity contribution in [2.24, 2.45) is 4.99 Å². The molecule has 0 aromatic heterocycles. The molecule has 0 N–H and O–H groups in total. The maximum atomic E-state index is 12.1. The van der Waals surface area contributed by atoms with Crippen molar-refractivity contribution in [1.82, 2.24) is 0 Å². The molecule has 5 nitrogen and oxygen atoms in total. The second kappa shape index (κ2) is 6.80. The fraction of sp³-hybridized carbons (Fsp3) is 0.105. The third-order valence-electron chi connectivity index (χ3n) is 3.36. The zero-order valence-corrected chi connectivity index (χ0v) is 13.0. The standard InChI is InChI=1S/C19H14N2O3/c1-2-23-17-9-4-3-8-15(17)18-21-16(19(22)24-18)11-13-6-5-7-14(10-13)12-20/h3-11H,2H2,1H3/b16-11-. The lowest BCUT2D eigenvalue weighted by Crippen LogP contribution is -2.07. The Kier molecular flexibility index (Phi) is 4.39. The molecule has 0 atom stereocenters. The van der Waals surface area contributed by atoms with Crippen molar-refractivity contribution < 1.29 is 14.3 Å². The summed E-state index contributed by atoms with van der Waals surface area (Å²) in [4.78, 5) is 16.4. The molecule has 0 saturated carbocycles. The molecular formula is C19H14N2O3. The first kappa shape index (κ1) is 15.5. The minimum absolute atomic E-state index is 0.186. The lowest BCUT2D eigenvalue weighted by Gasteiger charge is -2.08. The lowest BCUT2D eigenvalue weighted by molar-refractivity contribution is -0.129. The first-order valence-electron chi connectivity index (χ1n) is 7.46. The smallest absolute Gasteiger partial charge is 0.363 e. The van der Waals surface area contributed by atoms with Gasteiger partial charge in [-0.15, -0.1) is 0 Å². The van der Waals surface area contributed by atoms with Crippen molar-refractivity contribution in [1.29, 1.82) is 5.26 Å². The average molecular weight is 318 g/mol. The molecule has 5 heteroatoms. The normalized spacial score (nSPS) is 14.9. The van der Waals surface area contributed by atoms with Gasteiger partial charge in [0.2, 0.25) is 5.90 Å². The van der Waals surface area contributed by atoms with Crippen LogP contribution in [0.15, 0.2) is 59.2 Å². The summed E-state index contributed by atoms with van der Waals surface area (Å²) in [5.74, 6) is 0.296. The van der Waals surface area contributed by atoms with Crippen LogP contribution >= 0.6 is 0 Å². The monoisotopic (exact) mass is 318 g/mol. The number of hydrogen-bond donors (Lipinski definition) is 0. The molecule has 0 fully saturated rings. The number of rotatable bonds is 4. The summed E-state index contributed by atoms with van der Waals surface area (Å²) >= 11 is 0. The van der Waals surface area contributed by atoms with Crippen LogP contribution in [0.3, 0.4) is 0 Å². The minimum Gasteiger partial charge on any atom is -0.493 e. The van der Waals surface area contributed by atoms with Crippen molar-refractivity contribution in [3.05, 3.63) is 70.9 Å². The van der Waals surface area contributed by atoms with E-state index in [-0.39, 0.29) is 11.6 Å². The fourth-order valence-electron chi connectivity index (χ4n) is 2.30. The molecule has 1 aliphatic rings. The Bertz CT molecular complexity index is 891. The molecule has 118 valence electrons. The summed E-state index contributed by atoms with van der Waals surface area (Å²) in [6.45, 7) is 2.38. The number of cyclic esters (lactones) is 1. The van der Waals surface area contributed by atoms with Gasteiger partial charge in [-0.05, 0) is 42.8 Å². The molecule has 0 amide bonds. The molecule has 0 bridgehead atoms. The van der Waals surface area contributed by atoms with E-state index < -0.39 is 5.97 Å². The van der Waals surface area contributed by atoms with Crippen LogP contribution in [0.2, 0.25) is 0 Å². The molecule has 24 heavy (non-hydrogen) atoms. The van der Waals surface area contributed by atoms with Gasteiger partial charge in [0.1, 0.15) is 5.75 Å². The minimum atomic E-state index is -0.529. The van der Waals surface area contributed by atoms with E-state index in [0.29, 0.717) is 29.0 Å². The van der Waals surface area contributed by atoms with Crippen molar-refractivity contribution in [2.45, 2.75) is 6.92 Å². The number of carbonyl (C=O) groups excluding carboxylic acids is 1. The largest absolute Gasteiger partial charge is 0.493 e. The predicted octanol–water partition coefficient (Wildman–Crippen LogP) is 3.30. The Hall–Kier alpha value is -3.39. The predicted molar refractivity (Wildman–Crippen MR) is 89.4 cm³/mol. The molecule has 2 aromatic rings. The first-order valence-corrected chi connectivity index (χ1v) is 7.46. The van der Waals surface area contributed by atoms with Crippen LogP contribution in [0.1, 0.15) is 23.6 Å². The number of nitriles is 1. The molecule has 0 radical (unpaired) electrons. The lowest BCUT2D eigenvalue weighted by atomic mass is 10.1. The molecular weight excluding hydrogens is 304 g/mol. The van der Waals surface area contributed by atoms with Crippen molar-refractivity contribution in [2.75, 3.05) is 6.61 Å². The van der Waals surface area contributed by atoms with Crippen LogP contribution in [-0.4, -0.2) is 18.5 Å². The summed E-state index contributed by atoms with van der Waals surface area (Å²) < 4.78 is 10.8. The van der Waals surface area contributed by atoms with Crippen LogP contribution in [0.4, 0.5) is 0 Å². The van der Waals surface area contributed by atoms with Crippen LogP contribution in [0.5, 0.6) is 5.75 Å². The molecule has 1 heterocycles. The molecule has 0 spiro atoms. The summed E-state index contributed by atoms with van der Waals surface area (Å²) in [6, 6.07) is 16.2. The van der Waals surface area contributed by atoms with Crippen LogP contribution in [-0.2, 0) is 9.53 Å². The topological polar surface area (TPSA) is 71.7 Å². The number of benzene rings is 2. The van der Waals surface area contributed by atoms with Crippen LogP contribution < -0.4 is 4.74 Å². The first-order chi connectivity index (χ1) is 11.7. The average Bonchev–Trinajstić information content (AvgIpc) is 2.96. The maximum Gasteiger partial charge on any atom is 0.363 e. The van der Waals surface area contributed by atoms with Gasteiger partial charge in [0.05, 0.1) is 23.8 Å². The van der Waals surface area contributed by atoms with Gasteiger partial charge >= 0.3 is 5.97 Å². The molecule has 0 aliphatic carbocycles. The second-order valence-electron chi connectivity index (χ2n) is 5.00. The van der Waals surface area contributed by atoms with E-state index in [2.05, 4.69) is 11.1 Å². The molecule has 1 aliphatic heterocycles. The SMILES string of the molecule is CCOc1ccccc1C1=N/C(=C\c2cccc(C#N)c2)C(=O)O1. The number of nitrogens with zero attached hydrogens (tertiary/aromatic N) is 2. The van der Waals surface area contributed by atoms with E-state index in [1.807, 2.05) is 19.1 Å². The van der Waals surface area contributed by atoms with Gasteiger partial charge in [0.25, 0.3) is 0 Å². The van der Waals surface area contributed by atoms with E-state index in [9.17, 15) is 4.79 Å². The molecule has 0 saturated heterocycles. The quantitative estimate of drug-likeness (QED) is 0.640. The fourth-order valence-corrected chi connectivity index (χ4v) is 2.30. The van der Waals surface area contributed by atoms with Crippen LogP contribution in [0, 0.1) is 11.3 Å². The van der Waals surface area contributed by atoms with E-state index >= 15 is 0 Å². The van der Waals surface area contributed by atoms with Gasteiger partial charge in [0, 0.05) is 0 Å². The summed E-state index contributed by atoms with van der Waals surface area (Å²) in [7, 11) is 0. The highest BCUT2D eigenvalue weighted by Crippen LogP contribution is 2.25. The molecule has 3 rings (SSSR count). The molecule has 0 unspecified atom stereocenters.